The molecule has 3 heteroatoms. The molecule has 8 aromatic carbocycles. The second kappa shape index (κ2) is 11.3. The fourth-order valence-electron chi connectivity index (χ4n) is 7.72. The molecule has 0 saturated heterocycles. The highest BCUT2D eigenvalue weighted by Gasteiger charge is 2.21. The Morgan fingerprint density at radius 3 is 2.08 bits per heavy atom. The molecule has 0 aliphatic heterocycles. The van der Waals surface area contributed by atoms with Crippen LogP contribution in [-0.4, -0.2) is 9.55 Å². The Kier molecular flexibility index (Phi) is 5.39. The van der Waals surface area contributed by atoms with Crippen LogP contribution < -0.4 is 0 Å². The summed E-state index contributed by atoms with van der Waals surface area (Å²) in [4.78, 5) is 4.52. The number of aryl methyl sites for hydroxylation is 1. The quantitative estimate of drug-likeness (QED) is 0.174. The van der Waals surface area contributed by atoms with E-state index in [1.54, 1.807) is 10.6 Å². The molecular weight excluding hydrogens is 609 g/mol. The third-order valence-electron chi connectivity index (χ3n) is 9.89. The molecule has 0 bridgehead atoms. The summed E-state index contributed by atoms with van der Waals surface area (Å²) in [6.45, 7) is -2.92. The van der Waals surface area contributed by atoms with Gasteiger partial charge in [-0.1, -0.05) is 128 Å². The van der Waals surface area contributed by atoms with Gasteiger partial charge < -0.3 is 4.42 Å². The number of hydrogen-bond donors (Lipinski definition) is 0. The number of para-hydroxylation sites is 3. The summed E-state index contributed by atoms with van der Waals surface area (Å²) in [6, 6.07) is 55.3. The average Bonchev–Trinajstić information content (AvgIpc) is 3.80. The van der Waals surface area contributed by atoms with Crippen molar-refractivity contribution in [3.8, 4) is 39.1 Å². The van der Waals surface area contributed by atoms with Crippen molar-refractivity contribution >= 4 is 54.5 Å². The van der Waals surface area contributed by atoms with Gasteiger partial charge in [0.15, 0.2) is 0 Å². The molecule has 2 aromatic heterocycles. The highest BCUT2D eigenvalue weighted by atomic mass is 16.3. The van der Waals surface area contributed by atoms with Crippen LogP contribution in [0.15, 0.2) is 168 Å². The minimum atomic E-state index is -2.92. The van der Waals surface area contributed by atoms with Gasteiger partial charge in [-0.15, -0.1) is 0 Å². The summed E-state index contributed by atoms with van der Waals surface area (Å²) in [5, 5.41) is 6.52. The largest absolute Gasteiger partial charge is 0.456 e. The van der Waals surface area contributed by atoms with Crippen molar-refractivity contribution in [2.24, 2.45) is 0 Å². The van der Waals surface area contributed by atoms with Crippen LogP contribution in [0, 0.1) is 0 Å². The minimum Gasteiger partial charge on any atom is -0.456 e. The van der Waals surface area contributed by atoms with Crippen LogP contribution >= 0.6 is 0 Å². The number of furan rings is 1. The van der Waals surface area contributed by atoms with Gasteiger partial charge in [-0.3, -0.25) is 4.57 Å². The van der Waals surface area contributed by atoms with Crippen LogP contribution in [0.4, 0.5) is 0 Å². The first-order valence-electron chi connectivity index (χ1n) is 19.2. The molecule has 3 nitrogen and oxygen atoms in total. The molecule has 0 saturated carbocycles. The van der Waals surface area contributed by atoms with E-state index in [1.807, 2.05) is 66.7 Å². The van der Waals surface area contributed by atoms with E-state index < -0.39 is 13.2 Å². The smallest absolute Gasteiger partial charge is 0.136 e. The molecule has 0 unspecified atom stereocenters. The zero-order valence-electron chi connectivity index (χ0n) is 31.9. The van der Waals surface area contributed by atoms with Gasteiger partial charge in [0.05, 0.1) is 11.0 Å². The van der Waals surface area contributed by atoms with E-state index in [2.05, 4.69) is 96.0 Å². The molecule has 10 aromatic rings. The Hall–Kier alpha value is -6.45. The predicted octanol–water partition coefficient (Wildman–Crippen LogP) is 12.8. The van der Waals surface area contributed by atoms with Gasteiger partial charge in [0.1, 0.15) is 17.0 Å². The number of nitrogens with zero attached hydrogens (tertiary/aromatic N) is 2. The maximum absolute atomic E-state index is 8.67. The van der Waals surface area contributed by atoms with E-state index in [1.165, 1.54) is 0 Å². The number of hydrogen-bond acceptors (Lipinski definition) is 2. The van der Waals surface area contributed by atoms with E-state index in [4.69, 9.17) is 11.3 Å². The Morgan fingerprint density at radius 1 is 0.560 bits per heavy atom. The van der Waals surface area contributed by atoms with Crippen LogP contribution in [0.3, 0.4) is 0 Å². The van der Waals surface area contributed by atoms with Crippen molar-refractivity contribution < 1.29 is 11.3 Å². The molecule has 0 aliphatic carbocycles. The van der Waals surface area contributed by atoms with Gasteiger partial charge >= 0.3 is 0 Å². The fraction of sp³-hybridized carbons (Fsp3) is 0.0426. The third kappa shape index (κ3) is 4.33. The molecule has 236 valence electrons. The lowest BCUT2D eigenvalue weighted by molar-refractivity contribution is 0.669. The maximum atomic E-state index is 8.67. The van der Waals surface area contributed by atoms with Crippen molar-refractivity contribution in [2.45, 2.75) is 13.2 Å². The van der Waals surface area contributed by atoms with Crippen molar-refractivity contribution in [3.63, 3.8) is 0 Å². The van der Waals surface area contributed by atoms with E-state index in [9.17, 15) is 0 Å². The first kappa shape index (κ1) is 23.8. The van der Waals surface area contributed by atoms with Crippen LogP contribution in [0.5, 0.6) is 0 Å². The Bertz CT molecular complexity index is 3110. The molecule has 0 spiro atoms. The second-order valence-corrected chi connectivity index (χ2v) is 12.6. The van der Waals surface area contributed by atoms with E-state index in [0.717, 1.165) is 76.9 Å². The number of benzene rings is 8. The Balaban J connectivity index is 1.25. The summed E-state index contributed by atoms with van der Waals surface area (Å²) in [7, 11) is 0. The van der Waals surface area contributed by atoms with Gasteiger partial charge in [-0.25, -0.2) is 4.98 Å². The molecule has 0 radical (unpaired) electrons. The monoisotopic (exact) mass is 645 g/mol. The SMILES string of the molecule is [2H]C([2H])([2H])C([2H])([2H])c1nc2ccccc2n1-c1ccc(-c2c3ccccc3c(-c3cccc4oc5ccccc5c34)c3cc(-c4ccccc4)ccc23)cc1. The first-order chi connectivity index (χ1) is 26.7. The van der Waals surface area contributed by atoms with Crippen molar-refractivity contribution in [2.75, 3.05) is 0 Å². The summed E-state index contributed by atoms with van der Waals surface area (Å²) in [6.07, 6.45) is -2.69. The van der Waals surface area contributed by atoms with Crippen LogP contribution in [0.25, 0.3) is 93.6 Å². The number of rotatable bonds is 5. The summed E-state index contributed by atoms with van der Waals surface area (Å²) >= 11 is 0. The number of aromatic nitrogens is 2. The molecule has 0 amide bonds. The standard InChI is InChI=1S/C47H32N2O/c1-2-44-48-40-19-9-10-20-41(40)49(44)33-26-23-31(24-27-33)45-34-15-6-7-16-35(34)46(39-29-32(25-28-36(39)45)30-13-4-3-5-14-30)38-18-12-22-43-47(38)37-17-8-11-21-42(37)50-43/h3-29H,2H2,1H3/i1D3,2D2. The molecule has 0 atom stereocenters. The molecule has 0 N–H and O–H groups in total. The summed E-state index contributed by atoms with van der Waals surface area (Å²) < 4.78 is 49.4. The van der Waals surface area contributed by atoms with Gasteiger partial charge in [0.25, 0.3) is 0 Å². The summed E-state index contributed by atoms with van der Waals surface area (Å²) in [5.41, 5.74) is 9.96. The van der Waals surface area contributed by atoms with Gasteiger partial charge in [0, 0.05) is 29.7 Å². The van der Waals surface area contributed by atoms with Crippen LogP contribution in [0.1, 0.15) is 19.5 Å². The minimum absolute atomic E-state index is 0.156. The molecule has 10 rings (SSSR count). The van der Waals surface area contributed by atoms with Gasteiger partial charge in [0.2, 0.25) is 0 Å². The van der Waals surface area contributed by atoms with Crippen molar-refractivity contribution in [3.05, 3.63) is 170 Å². The van der Waals surface area contributed by atoms with Crippen LogP contribution in [-0.2, 0) is 6.37 Å². The zero-order valence-corrected chi connectivity index (χ0v) is 26.9. The normalized spacial score (nSPS) is 13.8. The molecule has 0 aliphatic rings. The first-order valence-corrected chi connectivity index (χ1v) is 16.7. The lowest BCUT2D eigenvalue weighted by atomic mass is 9.84. The Morgan fingerprint density at radius 2 is 1.24 bits per heavy atom. The predicted molar refractivity (Wildman–Crippen MR) is 209 cm³/mol. The molecule has 0 fully saturated rings. The third-order valence-corrected chi connectivity index (χ3v) is 9.89. The highest BCUT2D eigenvalue weighted by Crippen LogP contribution is 2.47. The summed E-state index contributed by atoms with van der Waals surface area (Å²) in [5.74, 6) is -0.156. The van der Waals surface area contributed by atoms with Crippen LogP contribution in [0.2, 0.25) is 0 Å². The molecular formula is C47H32N2O. The zero-order chi connectivity index (χ0) is 37.5. The number of fused-ring (bicyclic) bond motifs is 6. The van der Waals surface area contributed by atoms with E-state index in [-0.39, 0.29) is 5.82 Å². The lowest BCUT2D eigenvalue weighted by Gasteiger charge is -2.19. The van der Waals surface area contributed by atoms with Gasteiger partial charge in [-0.2, -0.15) is 0 Å². The average molecular weight is 646 g/mol. The van der Waals surface area contributed by atoms with Crippen molar-refractivity contribution in [1.29, 1.82) is 0 Å². The lowest BCUT2D eigenvalue weighted by Crippen LogP contribution is -2.00. The molecule has 2 heterocycles. The van der Waals surface area contributed by atoms with E-state index >= 15 is 0 Å². The maximum Gasteiger partial charge on any atom is 0.136 e. The number of imidazole rings is 1. The van der Waals surface area contributed by atoms with Crippen molar-refractivity contribution in [1.82, 2.24) is 9.55 Å². The topological polar surface area (TPSA) is 31.0 Å². The van der Waals surface area contributed by atoms with Gasteiger partial charge in [-0.05, 0) is 97.4 Å². The molecule has 50 heavy (non-hydrogen) atoms. The second-order valence-electron chi connectivity index (χ2n) is 12.6. The Labute approximate surface area is 296 Å². The fourth-order valence-corrected chi connectivity index (χ4v) is 7.72. The van der Waals surface area contributed by atoms with E-state index in [0.29, 0.717) is 16.7 Å². The highest BCUT2D eigenvalue weighted by molar-refractivity contribution is 6.26.